The standard InChI is InChI=1S/C11H7N2S/c1-2-10(14-7-1)8-3-5-12-11-9(8)4-6-13-11/h1-7H. The molecule has 0 atom stereocenters. The van der Waals surface area contributed by atoms with Crippen LogP contribution in [0.2, 0.25) is 0 Å². The average Bonchev–Trinajstić information content (AvgIpc) is 2.88. The summed E-state index contributed by atoms with van der Waals surface area (Å²) in [4.78, 5) is 5.47. The number of hydrogen-bond donors (Lipinski definition) is 0. The third-order valence-electron chi connectivity index (χ3n) is 2.19. The Labute approximate surface area is 85.9 Å². The Hall–Kier alpha value is -1.61. The zero-order valence-corrected chi connectivity index (χ0v) is 8.16. The maximum atomic E-state index is 4.21. The third-order valence-corrected chi connectivity index (χ3v) is 3.10. The van der Waals surface area contributed by atoms with Crippen molar-refractivity contribution in [1.82, 2.24) is 10.3 Å². The molecular formula is C11H7N2S. The molecule has 1 aliphatic rings. The van der Waals surface area contributed by atoms with Crippen LogP contribution in [-0.4, -0.2) is 4.98 Å². The SMILES string of the molecule is C1=Cc2c(-c3cccs3)ccnc2[N]1. The van der Waals surface area contributed by atoms with Gasteiger partial charge in [0, 0.05) is 28.4 Å². The lowest BCUT2D eigenvalue weighted by molar-refractivity contribution is 1.12. The molecule has 0 bridgehead atoms. The number of thiophene rings is 1. The number of hydrogen-bond acceptors (Lipinski definition) is 2. The van der Waals surface area contributed by atoms with Gasteiger partial charge >= 0.3 is 0 Å². The summed E-state index contributed by atoms with van der Waals surface area (Å²) >= 11 is 1.74. The van der Waals surface area contributed by atoms with Gasteiger partial charge in [0.1, 0.15) is 0 Å². The van der Waals surface area contributed by atoms with Crippen molar-refractivity contribution in [2.45, 2.75) is 0 Å². The summed E-state index contributed by atoms with van der Waals surface area (Å²) in [5.41, 5.74) is 2.36. The minimum Gasteiger partial charge on any atom is -0.237 e. The average molecular weight is 199 g/mol. The zero-order chi connectivity index (χ0) is 9.38. The zero-order valence-electron chi connectivity index (χ0n) is 7.34. The Morgan fingerprint density at radius 1 is 1.21 bits per heavy atom. The van der Waals surface area contributed by atoms with Crippen molar-refractivity contribution >= 4 is 23.2 Å². The maximum Gasteiger partial charge on any atom is 0.159 e. The molecule has 0 saturated heterocycles. The van der Waals surface area contributed by atoms with E-state index < -0.39 is 0 Å². The van der Waals surface area contributed by atoms with Gasteiger partial charge in [-0.15, -0.1) is 11.3 Å². The van der Waals surface area contributed by atoms with Gasteiger partial charge in [0.25, 0.3) is 0 Å². The van der Waals surface area contributed by atoms with Crippen LogP contribution in [0.15, 0.2) is 36.0 Å². The van der Waals surface area contributed by atoms with Gasteiger partial charge in [0.2, 0.25) is 0 Å². The summed E-state index contributed by atoms with van der Waals surface area (Å²) in [7, 11) is 0. The molecule has 3 heterocycles. The van der Waals surface area contributed by atoms with Crippen molar-refractivity contribution in [1.29, 1.82) is 0 Å². The molecule has 2 aromatic rings. The number of pyridine rings is 1. The monoisotopic (exact) mass is 199 g/mol. The van der Waals surface area contributed by atoms with Gasteiger partial charge in [-0.25, -0.2) is 10.3 Å². The fourth-order valence-electron chi connectivity index (χ4n) is 1.56. The lowest BCUT2D eigenvalue weighted by atomic mass is 10.1. The van der Waals surface area contributed by atoms with E-state index in [1.807, 2.05) is 18.3 Å². The molecule has 67 valence electrons. The Balaban J connectivity index is 2.24. The Bertz CT molecular complexity index is 486. The predicted octanol–water partition coefficient (Wildman–Crippen LogP) is 3.03. The molecule has 0 unspecified atom stereocenters. The van der Waals surface area contributed by atoms with Crippen molar-refractivity contribution in [3.63, 3.8) is 0 Å². The molecule has 1 aliphatic heterocycles. The van der Waals surface area contributed by atoms with Crippen molar-refractivity contribution in [3.05, 3.63) is 41.5 Å². The molecule has 3 heteroatoms. The topological polar surface area (TPSA) is 27.0 Å². The normalized spacial score (nSPS) is 12.6. The van der Waals surface area contributed by atoms with Gasteiger partial charge in [-0.2, -0.15) is 0 Å². The van der Waals surface area contributed by atoms with Crippen molar-refractivity contribution in [2.24, 2.45) is 0 Å². The number of rotatable bonds is 1. The largest absolute Gasteiger partial charge is 0.237 e. The molecule has 0 N–H and O–H groups in total. The van der Waals surface area contributed by atoms with Crippen LogP contribution in [0.5, 0.6) is 0 Å². The summed E-state index contributed by atoms with van der Waals surface area (Å²) in [6, 6.07) is 6.21. The quantitative estimate of drug-likeness (QED) is 0.693. The lowest BCUT2D eigenvalue weighted by Gasteiger charge is -2.02. The molecule has 2 aromatic heterocycles. The number of nitrogens with zero attached hydrogens (tertiary/aromatic N) is 2. The minimum atomic E-state index is 0.830. The highest BCUT2D eigenvalue weighted by atomic mass is 32.1. The van der Waals surface area contributed by atoms with E-state index in [0.717, 1.165) is 11.4 Å². The van der Waals surface area contributed by atoms with Crippen LogP contribution in [0.3, 0.4) is 0 Å². The summed E-state index contributed by atoms with van der Waals surface area (Å²) in [6.45, 7) is 0. The van der Waals surface area contributed by atoms with Gasteiger partial charge in [-0.05, 0) is 23.6 Å². The molecular weight excluding hydrogens is 192 g/mol. The maximum absolute atomic E-state index is 4.21. The van der Waals surface area contributed by atoms with Gasteiger partial charge in [0.15, 0.2) is 5.82 Å². The predicted molar refractivity (Wildman–Crippen MR) is 58.4 cm³/mol. The summed E-state index contributed by atoms with van der Waals surface area (Å²) in [5.74, 6) is 0.830. The second-order valence-corrected chi connectivity index (χ2v) is 3.97. The fourth-order valence-corrected chi connectivity index (χ4v) is 2.32. The van der Waals surface area contributed by atoms with Crippen molar-refractivity contribution in [2.75, 3.05) is 0 Å². The Morgan fingerprint density at radius 2 is 2.21 bits per heavy atom. The smallest absolute Gasteiger partial charge is 0.159 e. The first kappa shape index (κ1) is 7.76. The highest BCUT2D eigenvalue weighted by Crippen LogP contribution is 2.34. The van der Waals surface area contributed by atoms with E-state index in [0.29, 0.717) is 0 Å². The summed E-state index contributed by atoms with van der Waals surface area (Å²) in [6.07, 6.45) is 5.62. The van der Waals surface area contributed by atoms with E-state index in [2.05, 4.69) is 27.8 Å². The second-order valence-electron chi connectivity index (χ2n) is 3.02. The van der Waals surface area contributed by atoms with Gasteiger partial charge in [-0.1, -0.05) is 6.07 Å². The van der Waals surface area contributed by atoms with E-state index >= 15 is 0 Å². The summed E-state index contributed by atoms with van der Waals surface area (Å²) < 4.78 is 0. The minimum absolute atomic E-state index is 0.830. The van der Waals surface area contributed by atoms with E-state index in [1.54, 1.807) is 17.5 Å². The van der Waals surface area contributed by atoms with Gasteiger partial charge in [-0.3, -0.25) is 0 Å². The van der Waals surface area contributed by atoms with E-state index in [-0.39, 0.29) is 0 Å². The molecule has 1 radical (unpaired) electrons. The Morgan fingerprint density at radius 3 is 3.07 bits per heavy atom. The first-order chi connectivity index (χ1) is 6.95. The first-order valence-electron chi connectivity index (χ1n) is 4.35. The van der Waals surface area contributed by atoms with Crippen molar-refractivity contribution < 1.29 is 0 Å². The molecule has 0 aromatic carbocycles. The molecule has 0 fully saturated rings. The van der Waals surface area contributed by atoms with Crippen LogP contribution in [0.25, 0.3) is 16.5 Å². The summed E-state index contributed by atoms with van der Waals surface area (Å²) in [5, 5.41) is 6.26. The van der Waals surface area contributed by atoms with E-state index in [4.69, 9.17) is 0 Å². The van der Waals surface area contributed by atoms with Crippen LogP contribution in [-0.2, 0) is 0 Å². The molecule has 14 heavy (non-hydrogen) atoms. The van der Waals surface area contributed by atoms with E-state index in [9.17, 15) is 0 Å². The highest BCUT2D eigenvalue weighted by molar-refractivity contribution is 7.13. The van der Waals surface area contributed by atoms with Crippen LogP contribution in [0, 0.1) is 0 Å². The third kappa shape index (κ3) is 1.06. The molecule has 0 amide bonds. The lowest BCUT2D eigenvalue weighted by Crippen LogP contribution is -1.88. The molecule has 3 rings (SSSR count). The second kappa shape index (κ2) is 2.96. The Kier molecular flexibility index (Phi) is 1.64. The molecule has 0 aliphatic carbocycles. The van der Waals surface area contributed by atoms with Gasteiger partial charge < -0.3 is 0 Å². The van der Waals surface area contributed by atoms with E-state index in [1.165, 1.54) is 10.4 Å². The number of aromatic nitrogens is 1. The molecule has 2 nitrogen and oxygen atoms in total. The fraction of sp³-hybridized carbons (Fsp3) is 0. The first-order valence-corrected chi connectivity index (χ1v) is 5.23. The van der Waals surface area contributed by atoms with Crippen LogP contribution >= 0.6 is 11.3 Å². The van der Waals surface area contributed by atoms with Gasteiger partial charge in [0.05, 0.1) is 0 Å². The van der Waals surface area contributed by atoms with Crippen LogP contribution < -0.4 is 5.32 Å². The van der Waals surface area contributed by atoms with Crippen molar-refractivity contribution in [3.8, 4) is 10.4 Å². The molecule has 0 spiro atoms. The molecule has 0 saturated carbocycles. The van der Waals surface area contributed by atoms with Crippen LogP contribution in [0.1, 0.15) is 5.56 Å². The highest BCUT2D eigenvalue weighted by Gasteiger charge is 2.13. The van der Waals surface area contributed by atoms with Crippen LogP contribution in [0.4, 0.5) is 5.82 Å². The number of fused-ring (bicyclic) bond motifs is 1.